The molecule has 1 N–H and O–H groups in total. The van der Waals surface area contributed by atoms with E-state index >= 15 is 0 Å². The topological polar surface area (TPSA) is 12.0 Å². The summed E-state index contributed by atoms with van der Waals surface area (Å²) in [6.45, 7) is 7.56. The van der Waals surface area contributed by atoms with Crippen molar-refractivity contribution < 1.29 is 8.78 Å². The highest BCUT2D eigenvalue weighted by Crippen LogP contribution is 2.38. The monoisotopic (exact) mass is 269 g/mol. The molecule has 0 atom stereocenters. The van der Waals surface area contributed by atoms with Crippen LogP contribution in [0.2, 0.25) is 0 Å². The highest BCUT2D eigenvalue weighted by molar-refractivity contribution is 7.19. The molecule has 0 aliphatic carbocycles. The van der Waals surface area contributed by atoms with Crippen LogP contribution in [0.4, 0.5) is 8.78 Å². The first-order valence-corrected chi connectivity index (χ1v) is 6.97. The van der Waals surface area contributed by atoms with Crippen LogP contribution < -0.4 is 5.32 Å². The molecule has 98 valence electrons. The van der Waals surface area contributed by atoms with Gasteiger partial charge in [0, 0.05) is 16.8 Å². The van der Waals surface area contributed by atoms with Gasteiger partial charge in [-0.2, -0.15) is 0 Å². The second kappa shape index (κ2) is 5.33. The summed E-state index contributed by atoms with van der Waals surface area (Å²) in [5.41, 5.74) is 0.938. The third-order valence-electron chi connectivity index (χ3n) is 2.97. The van der Waals surface area contributed by atoms with E-state index in [0.29, 0.717) is 16.6 Å². The second-order valence-electron chi connectivity index (χ2n) is 4.61. The molecule has 0 saturated carbocycles. The SMILES string of the molecule is CCNCc1sc2c(F)ccc(F)c2c1C(C)C. The van der Waals surface area contributed by atoms with Gasteiger partial charge < -0.3 is 5.32 Å². The largest absolute Gasteiger partial charge is 0.312 e. The molecule has 0 bridgehead atoms. The highest BCUT2D eigenvalue weighted by atomic mass is 32.1. The van der Waals surface area contributed by atoms with Crippen LogP contribution in [-0.4, -0.2) is 6.54 Å². The van der Waals surface area contributed by atoms with Crippen molar-refractivity contribution in [3.63, 3.8) is 0 Å². The number of halogens is 2. The van der Waals surface area contributed by atoms with Crippen LogP contribution in [0.5, 0.6) is 0 Å². The Morgan fingerprint density at radius 1 is 1.22 bits per heavy atom. The van der Waals surface area contributed by atoms with Crippen LogP contribution in [0, 0.1) is 11.6 Å². The minimum absolute atomic E-state index is 0.184. The van der Waals surface area contributed by atoms with E-state index in [4.69, 9.17) is 0 Å². The summed E-state index contributed by atoms with van der Waals surface area (Å²) in [7, 11) is 0. The first kappa shape index (κ1) is 13.4. The maximum Gasteiger partial charge on any atom is 0.141 e. The molecule has 1 heterocycles. The van der Waals surface area contributed by atoms with Gasteiger partial charge in [0.1, 0.15) is 11.6 Å². The van der Waals surface area contributed by atoms with Gasteiger partial charge in [-0.15, -0.1) is 11.3 Å². The highest BCUT2D eigenvalue weighted by Gasteiger charge is 2.20. The number of fused-ring (bicyclic) bond motifs is 1. The van der Waals surface area contributed by atoms with E-state index < -0.39 is 0 Å². The van der Waals surface area contributed by atoms with Gasteiger partial charge >= 0.3 is 0 Å². The Balaban J connectivity index is 2.67. The lowest BCUT2D eigenvalue weighted by molar-refractivity contribution is 0.617. The fourth-order valence-corrected chi connectivity index (χ4v) is 3.53. The van der Waals surface area contributed by atoms with Crippen molar-refractivity contribution >= 4 is 21.4 Å². The number of rotatable bonds is 4. The Labute approximate surface area is 110 Å². The van der Waals surface area contributed by atoms with Gasteiger partial charge in [0.25, 0.3) is 0 Å². The summed E-state index contributed by atoms with van der Waals surface area (Å²) < 4.78 is 28.1. The van der Waals surface area contributed by atoms with Crippen molar-refractivity contribution in [3.05, 3.63) is 34.2 Å². The number of thiophene rings is 1. The van der Waals surface area contributed by atoms with E-state index in [9.17, 15) is 8.78 Å². The third-order valence-corrected chi connectivity index (χ3v) is 4.18. The molecule has 1 nitrogen and oxygen atoms in total. The summed E-state index contributed by atoms with van der Waals surface area (Å²) in [5.74, 6) is -0.473. The quantitative estimate of drug-likeness (QED) is 0.866. The predicted octanol–water partition coefficient (Wildman–Crippen LogP) is 4.41. The van der Waals surface area contributed by atoms with Crippen molar-refractivity contribution in [1.82, 2.24) is 5.32 Å². The van der Waals surface area contributed by atoms with Crippen molar-refractivity contribution in [1.29, 1.82) is 0 Å². The molecule has 18 heavy (non-hydrogen) atoms. The number of hydrogen-bond acceptors (Lipinski definition) is 2. The van der Waals surface area contributed by atoms with Gasteiger partial charge in [-0.05, 0) is 30.2 Å². The van der Waals surface area contributed by atoms with Crippen molar-refractivity contribution in [3.8, 4) is 0 Å². The minimum atomic E-state index is -0.332. The Hall–Kier alpha value is -1.00. The van der Waals surface area contributed by atoms with E-state index in [1.165, 1.54) is 23.5 Å². The fourth-order valence-electron chi connectivity index (χ4n) is 2.18. The van der Waals surface area contributed by atoms with E-state index in [1.807, 2.05) is 20.8 Å². The maximum absolute atomic E-state index is 13.9. The smallest absolute Gasteiger partial charge is 0.141 e. The van der Waals surface area contributed by atoms with Crippen molar-refractivity contribution in [2.45, 2.75) is 33.2 Å². The van der Waals surface area contributed by atoms with Gasteiger partial charge in [-0.25, -0.2) is 8.78 Å². The molecule has 1 aromatic carbocycles. The maximum atomic E-state index is 13.9. The Morgan fingerprint density at radius 3 is 2.50 bits per heavy atom. The zero-order valence-electron chi connectivity index (χ0n) is 10.8. The van der Waals surface area contributed by atoms with Crippen LogP contribution in [0.15, 0.2) is 12.1 Å². The normalized spacial score (nSPS) is 11.7. The van der Waals surface area contributed by atoms with E-state index in [0.717, 1.165) is 17.0 Å². The lowest BCUT2D eigenvalue weighted by atomic mass is 9.99. The predicted molar refractivity (Wildman–Crippen MR) is 73.2 cm³/mol. The molecule has 4 heteroatoms. The molecule has 0 aliphatic rings. The summed E-state index contributed by atoms with van der Waals surface area (Å²) in [4.78, 5) is 1.03. The van der Waals surface area contributed by atoms with Gasteiger partial charge in [-0.3, -0.25) is 0 Å². The van der Waals surface area contributed by atoms with Gasteiger partial charge in [0.05, 0.1) is 4.70 Å². The van der Waals surface area contributed by atoms with Crippen molar-refractivity contribution in [2.75, 3.05) is 6.54 Å². The number of nitrogens with one attached hydrogen (secondary N) is 1. The molecule has 2 aromatic rings. The van der Waals surface area contributed by atoms with Crippen LogP contribution in [0.1, 0.15) is 37.1 Å². The molecule has 0 spiro atoms. The third kappa shape index (κ3) is 2.27. The first-order chi connectivity index (χ1) is 8.56. The summed E-state index contributed by atoms with van der Waals surface area (Å²) in [5, 5.41) is 3.69. The van der Waals surface area contributed by atoms with Gasteiger partial charge in [0.2, 0.25) is 0 Å². The fraction of sp³-hybridized carbons (Fsp3) is 0.429. The molecule has 1 aromatic heterocycles. The van der Waals surface area contributed by atoms with Gasteiger partial charge in [-0.1, -0.05) is 20.8 Å². The van der Waals surface area contributed by atoms with Crippen LogP contribution in [0.3, 0.4) is 0 Å². The van der Waals surface area contributed by atoms with E-state index in [1.54, 1.807) is 0 Å². The molecule has 0 fully saturated rings. The average Bonchev–Trinajstić information content (AvgIpc) is 2.72. The minimum Gasteiger partial charge on any atom is -0.312 e. The Kier molecular flexibility index (Phi) is 3.97. The van der Waals surface area contributed by atoms with E-state index in [-0.39, 0.29) is 17.6 Å². The first-order valence-electron chi connectivity index (χ1n) is 6.16. The van der Waals surface area contributed by atoms with Crippen LogP contribution in [0.25, 0.3) is 10.1 Å². The zero-order valence-corrected chi connectivity index (χ0v) is 11.6. The summed E-state index contributed by atoms with van der Waals surface area (Å²) >= 11 is 1.36. The molecule has 0 unspecified atom stereocenters. The Morgan fingerprint density at radius 2 is 1.89 bits per heavy atom. The zero-order chi connectivity index (χ0) is 13.3. The number of benzene rings is 1. The van der Waals surface area contributed by atoms with Crippen LogP contribution in [-0.2, 0) is 6.54 Å². The van der Waals surface area contributed by atoms with Crippen molar-refractivity contribution in [2.24, 2.45) is 0 Å². The second-order valence-corrected chi connectivity index (χ2v) is 5.71. The number of hydrogen-bond donors (Lipinski definition) is 1. The summed E-state index contributed by atoms with van der Waals surface area (Å²) in [6.07, 6.45) is 0. The standard InChI is InChI=1S/C14H17F2NS/c1-4-17-7-11-12(8(2)3)13-9(15)5-6-10(16)14(13)18-11/h5-6,8,17H,4,7H2,1-3H3. The molecular weight excluding hydrogens is 252 g/mol. The molecule has 2 rings (SSSR count). The lowest BCUT2D eigenvalue weighted by Crippen LogP contribution is -2.12. The van der Waals surface area contributed by atoms with Gasteiger partial charge in [0.15, 0.2) is 0 Å². The molecule has 0 amide bonds. The Bertz CT molecular complexity index is 560. The van der Waals surface area contributed by atoms with Crippen LogP contribution >= 0.6 is 11.3 Å². The molecule has 0 aliphatic heterocycles. The lowest BCUT2D eigenvalue weighted by Gasteiger charge is -2.09. The van der Waals surface area contributed by atoms with E-state index in [2.05, 4.69) is 5.32 Å². The molecular formula is C14H17F2NS. The molecule has 0 radical (unpaired) electrons. The molecule has 0 saturated heterocycles. The summed E-state index contributed by atoms with van der Waals surface area (Å²) in [6, 6.07) is 2.42. The average molecular weight is 269 g/mol.